The normalized spacial score (nSPS) is 12.9. The summed E-state index contributed by atoms with van der Waals surface area (Å²) in [7, 11) is 0. The second kappa shape index (κ2) is 6.62. The van der Waals surface area contributed by atoms with Crippen LogP contribution in [0, 0.1) is 0 Å². The van der Waals surface area contributed by atoms with E-state index in [-0.39, 0.29) is 0 Å². The van der Waals surface area contributed by atoms with Gasteiger partial charge in [-0.3, -0.25) is 0 Å². The summed E-state index contributed by atoms with van der Waals surface area (Å²) in [5, 5.41) is 20.5. The highest BCUT2D eigenvalue weighted by atomic mass is 19.4. The van der Waals surface area contributed by atoms with Gasteiger partial charge in [0.05, 0.1) is 24.5 Å². The molecule has 0 radical (unpaired) electrons. The summed E-state index contributed by atoms with van der Waals surface area (Å²) in [6.45, 7) is -3.39. The van der Waals surface area contributed by atoms with E-state index in [4.69, 9.17) is 10.2 Å². The van der Waals surface area contributed by atoms with Gasteiger partial charge in [0.1, 0.15) is 0 Å². The number of aliphatic hydroxyl groups excluding tert-OH is 2. The van der Waals surface area contributed by atoms with Gasteiger partial charge in [0.25, 0.3) is 0 Å². The van der Waals surface area contributed by atoms with Crippen LogP contribution < -0.4 is 10.6 Å². The zero-order chi connectivity index (χ0) is 17.9. The number of benzene rings is 1. The van der Waals surface area contributed by atoms with E-state index < -0.39 is 48.4 Å². The summed E-state index contributed by atoms with van der Waals surface area (Å²) in [6.07, 6.45) is -10.1. The van der Waals surface area contributed by atoms with Crippen molar-refractivity contribution in [3.05, 3.63) is 29.8 Å². The second-order valence-corrected chi connectivity index (χ2v) is 4.52. The van der Waals surface area contributed by atoms with Crippen LogP contribution in [0.2, 0.25) is 0 Å². The summed E-state index contributed by atoms with van der Waals surface area (Å²) in [5.74, 6) is 0. The molecule has 0 spiro atoms. The summed E-state index contributed by atoms with van der Waals surface area (Å²) in [5.41, 5.74) is -5.42. The lowest BCUT2D eigenvalue weighted by molar-refractivity contribution is -0.212. The molecule has 0 atom stereocenters. The number of urea groups is 1. The number of nitrogens with one attached hydrogen (secondary N) is 2. The van der Waals surface area contributed by atoms with E-state index in [2.05, 4.69) is 0 Å². The van der Waals surface area contributed by atoms with E-state index in [0.717, 1.165) is 18.2 Å². The minimum atomic E-state index is -5.22. The Kier molecular flexibility index (Phi) is 5.48. The molecule has 0 unspecified atom stereocenters. The van der Waals surface area contributed by atoms with Crippen molar-refractivity contribution in [3.8, 4) is 0 Å². The fourth-order valence-electron chi connectivity index (χ4n) is 1.59. The number of carbonyl (C=O) groups excluding carboxylic acids is 1. The molecule has 11 heteroatoms. The molecule has 4 N–H and O–H groups in total. The minimum absolute atomic E-state index is 0.630. The minimum Gasteiger partial charge on any atom is -0.393 e. The molecule has 2 amide bonds. The number of hydrogen-bond acceptors (Lipinski definition) is 3. The summed E-state index contributed by atoms with van der Waals surface area (Å²) in [6, 6.07) is 1.98. The second-order valence-electron chi connectivity index (χ2n) is 4.52. The Morgan fingerprint density at radius 1 is 1.00 bits per heavy atom. The van der Waals surface area contributed by atoms with Gasteiger partial charge in [0, 0.05) is 0 Å². The first-order valence-electron chi connectivity index (χ1n) is 6.00. The van der Waals surface area contributed by atoms with Crippen LogP contribution in [0.4, 0.5) is 36.8 Å². The number of anilines is 1. The van der Waals surface area contributed by atoms with Gasteiger partial charge in [-0.15, -0.1) is 0 Å². The van der Waals surface area contributed by atoms with Crippen molar-refractivity contribution in [1.29, 1.82) is 0 Å². The van der Waals surface area contributed by atoms with Gasteiger partial charge >= 0.3 is 18.4 Å². The lowest BCUT2D eigenvalue weighted by atomic mass is 10.0. The van der Waals surface area contributed by atoms with Crippen molar-refractivity contribution < 1.29 is 41.4 Å². The quantitative estimate of drug-likeness (QED) is 0.631. The molecule has 0 aliphatic rings. The van der Waals surface area contributed by atoms with Crippen molar-refractivity contribution in [3.63, 3.8) is 0 Å². The summed E-state index contributed by atoms with van der Waals surface area (Å²) >= 11 is 0. The number of hydrogen-bond donors (Lipinski definition) is 4. The molecule has 23 heavy (non-hydrogen) atoms. The molecule has 1 aromatic rings. The maximum absolute atomic E-state index is 12.8. The maximum atomic E-state index is 12.8. The molecular weight excluding hydrogens is 334 g/mol. The Labute approximate surface area is 125 Å². The Morgan fingerprint density at radius 2 is 1.52 bits per heavy atom. The molecule has 5 nitrogen and oxygen atoms in total. The summed E-state index contributed by atoms with van der Waals surface area (Å²) in [4.78, 5) is 11.6. The number of carbonyl (C=O) groups is 1. The van der Waals surface area contributed by atoms with Crippen LogP contribution in [0.3, 0.4) is 0 Å². The molecule has 130 valence electrons. The zero-order valence-corrected chi connectivity index (χ0v) is 11.3. The molecule has 0 saturated carbocycles. The molecule has 0 saturated heterocycles. The predicted molar refractivity (Wildman–Crippen MR) is 66.6 cm³/mol. The first-order valence-corrected chi connectivity index (χ1v) is 6.00. The van der Waals surface area contributed by atoms with Gasteiger partial charge in [-0.2, -0.15) is 26.3 Å². The first-order chi connectivity index (χ1) is 10.5. The standard InChI is InChI=1S/C12H12F6N2O3/c13-11(14,15)7-3-1-2-4-8(7)19-9(23)20-10(5-21,6-22)12(16,17)18/h1-4,21-22H,5-6H2,(H2,19,20,23). The SMILES string of the molecule is O=C(Nc1ccccc1C(F)(F)F)NC(CO)(CO)C(F)(F)F. The van der Waals surface area contributed by atoms with Crippen molar-refractivity contribution in [1.82, 2.24) is 5.32 Å². The topological polar surface area (TPSA) is 81.6 Å². The van der Waals surface area contributed by atoms with E-state index in [1.807, 2.05) is 0 Å². The number of alkyl halides is 6. The van der Waals surface area contributed by atoms with E-state index in [1.54, 1.807) is 5.32 Å². The number of aliphatic hydroxyl groups is 2. The monoisotopic (exact) mass is 346 g/mol. The number of amides is 2. The van der Waals surface area contributed by atoms with Crippen LogP contribution in [-0.4, -0.2) is 41.2 Å². The molecule has 0 bridgehead atoms. The van der Waals surface area contributed by atoms with Gasteiger partial charge in [0.2, 0.25) is 0 Å². The van der Waals surface area contributed by atoms with Gasteiger partial charge in [0.15, 0.2) is 5.54 Å². The molecule has 0 heterocycles. The third kappa shape index (κ3) is 4.26. The average molecular weight is 346 g/mol. The van der Waals surface area contributed by atoms with Crippen LogP contribution in [0.5, 0.6) is 0 Å². The third-order valence-electron chi connectivity index (χ3n) is 2.92. The fourth-order valence-corrected chi connectivity index (χ4v) is 1.59. The smallest absolute Gasteiger partial charge is 0.393 e. The van der Waals surface area contributed by atoms with Crippen molar-refractivity contribution in [2.45, 2.75) is 17.9 Å². The van der Waals surface area contributed by atoms with Gasteiger partial charge < -0.3 is 20.8 Å². The van der Waals surface area contributed by atoms with Crippen LogP contribution in [0.25, 0.3) is 0 Å². The summed E-state index contributed by atoms with van der Waals surface area (Å²) < 4.78 is 76.6. The van der Waals surface area contributed by atoms with E-state index in [1.165, 1.54) is 5.32 Å². The largest absolute Gasteiger partial charge is 0.418 e. The number of rotatable bonds is 4. The first kappa shape index (κ1) is 19.0. The highest BCUT2D eigenvalue weighted by Crippen LogP contribution is 2.35. The van der Waals surface area contributed by atoms with Crippen molar-refractivity contribution in [2.75, 3.05) is 18.5 Å². The van der Waals surface area contributed by atoms with Crippen molar-refractivity contribution >= 4 is 11.7 Å². The molecule has 0 aliphatic carbocycles. The maximum Gasteiger partial charge on any atom is 0.418 e. The van der Waals surface area contributed by atoms with Gasteiger partial charge in [-0.05, 0) is 12.1 Å². The molecule has 1 aromatic carbocycles. The highest BCUT2D eigenvalue weighted by Gasteiger charge is 2.55. The highest BCUT2D eigenvalue weighted by molar-refractivity contribution is 5.90. The Balaban J connectivity index is 3.02. The molecule has 0 fully saturated rings. The predicted octanol–water partition coefficient (Wildman–Crippen LogP) is 2.11. The van der Waals surface area contributed by atoms with Crippen molar-refractivity contribution in [2.24, 2.45) is 0 Å². The fraction of sp³-hybridized carbons (Fsp3) is 0.417. The molecule has 1 rings (SSSR count). The van der Waals surface area contributed by atoms with E-state index >= 15 is 0 Å². The lowest BCUT2D eigenvalue weighted by Gasteiger charge is -2.33. The number of halogens is 6. The van der Waals surface area contributed by atoms with Crippen LogP contribution in [-0.2, 0) is 6.18 Å². The molecule has 0 aromatic heterocycles. The Bertz CT molecular complexity index is 554. The van der Waals surface area contributed by atoms with E-state index in [0.29, 0.717) is 6.07 Å². The average Bonchev–Trinajstić information content (AvgIpc) is 2.43. The zero-order valence-electron chi connectivity index (χ0n) is 11.3. The Morgan fingerprint density at radius 3 is 1.96 bits per heavy atom. The number of para-hydroxylation sites is 1. The van der Waals surface area contributed by atoms with Crippen LogP contribution in [0.1, 0.15) is 5.56 Å². The van der Waals surface area contributed by atoms with Crippen LogP contribution >= 0.6 is 0 Å². The van der Waals surface area contributed by atoms with Crippen LogP contribution in [0.15, 0.2) is 24.3 Å². The van der Waals surface area contributed by atoms with E-state index in [9.17, 15) is 31.1 Å². The third-order valence-corrected chi connectivity index (χ3v) is 2.92. The molecule has 0 aliphatic heterocycles. The van der Waals surface area contributed by atoms with Gasteiger partial charge in [-0.1, -0.05) is 12.1 Å². The lowest BCUT2D eigenvalue weighted by Crippen LogP contribution is -2.64. The molecular formula is C12H12F6N2O3. The Hall–Kier alpha value is -2.01. The van der Waals surface area contributed by atoms with Gasteiger partial charge in [-0.25, -0.2) is 4.79 Å².